The summed E-state index contributed by atoms with van der Waals surface area (Å²) in [6.07, 6.45) is 1.73. The minimum absolute atomic E-state index is 0.242. The fourth-order valence-corrected chi connectivity index (χ4v) is 2.69. The zero-order valence-electron chi connectivity index (χ0n) is 12.8. The van der Waals surface area contributed by atoms with Crippen molar-refractivity contribution in [2.75, 3.05) is 5.43 Å². The number of hydrogen-bond donors (Lipinski definition) is 2. The largest absolute Gasteiger partial charge is 0.508 e. The lowest BCUT2D eigenvalue weighted by molar-refractivity contribution is 0.475. The number of aromatic nitrogens is 1. The van der Waals surface area contributed by atoms with E-state index < -0.39 is 0 Å². The van der Waals surface area contributed by atoms with Crippen molar-refractivity contribution in [3.8, 4) is 5.75 Å². The third-order valence-corrected chi connectivity index (χ3v) is 3.87. The van der Waals surface area contributed by atoms with Crippen LogP contribution in [0.15, 0.2) is 77.9 Å². The lowest BCUT2D eigenvalue weighted by Gasteiger charge is -2.09. The second-order valence-electron chi connectivity index (χ2n) is 5.48. The molecule has 116 valence electrons. The van der Waals surface area contributed by atoms with Gasteiger partial charge in [0.15, 0.2) is 0 Å². The van der Waals surface area contributed by atoms with E-state index in [1.54, 1.807) is 18.3 Å². The molecule has 0 bridgehead atoms. The lowest BCUT2D eigenvalue weighted by atomic mass is 10.1. The van der Waals surface area contributed by atoms with Crippen molar-refractivity contribution in [1.29, 1.82) is 0 Å². The molecule has 4 aromatic rings. The molecule has 0 atom stereocenters. The summed E-state index contributed by atoms with van der Waals surface area (Å²) in [6, 6.07) is 22.9. The van der Waals surface area contributed by atoms with Gasteiger partial charge in [0.05, 0.1) is 22.9 Å². The van der Waals surface area contributed by atoms with E-state index in [1.165, 1.54) is 0 Å². The first-order chi connectivity index (χ1) is 11.8. The molecule has 0 aliphatic carbocycles. The van der Waals surface area contributed by atoms with Crippen LogP contribution in [0.3, 0.4) is 0 Å². The highest BCUT2D eigenvalue weighted by Crippen LogP contribution is 2.30. The number of nitrogens with zero attached hydrogens (tertiary/aromatic N) is 2. The van der Waals surface area contributed by atoms with E-state index in [-0.39, 0.29) is 5.75 Å². The van der Waals surface area contributed by atoms with Gasteiger partial charge in [-0.05, 0) is 42.0 Å². The van der Waals surface area contributed by atoms with Crippen LogP contribution in [0.2, 0.25) is 0 Å². The third kappa shape index (κ3) is 2.65. The molecule has 0 amide bonds. The number of benzene rings is 3. The Hall–Kier alpha value is -3.40. The summed E-state index contributed by atoms with van der Waals surface area (Å²) >= 11 is 0. The molecule has 0 aliphatic heterocycles. The number of phenols is 1. The minimum Gasteiger partial charge on any atom is -0.508 e. The molecule has 4 rings (SSSR count). The number of hydrazone groups is 1. The summed E-state index contributed by atoms with van der Waals surface area (Å²) in [4.78, 5) is 4.69. The number of fused-ring (bicyclic) bond motifs is 2. The smallest absolute Gasteiger partial charge is 0.115 e. The average molecular weight is 313 g/mol. The van der Waals surface area contributed by atoms with Gasteiger partial charge in [0.25, 0.3) is 0 Å². The van der Waals surface area contributed by atoms with Crippen LogP contribution in [0.5, 0.6) is 5.75 Å². The predicted molar refractivity (Wildman–Crippen MR) is 98.6 cm³/mol. The topological polar surface area (TPSA) is 57.5 Å². The standard InChI is InChI=1S/C20H15N3O/c24-15-11-9-14(10-12-15)13-21-23-20-16-5-1-3-7-18(16)22-19-8-4-2-6-17(19)20/h1-13,24H,(H,22,23)/b21-13+. The third-order valence-electron chi connectivity index (χ3n) is 3.87. The number of aromatic hydroxyl groups is 1. The van der Waals surface area contributed by atoms with Crippen molar-refractivity contribution in [1.82, 2.24) is 4.98 Å². The molecule has 0 spiro atoms. The van der Waals surface area contributed by atoms with Crippen molar-refractivity contribution in [2.24, 2.45) is 5.10 Å². The van der Waals surface area contributed by atoms with E-state index >= 15 is 0 Å². The van der Waals surface area contributed by atoms with Crippen LogP contribution < -0.4 is 5.43 Å². The summed E-state index contributed by atoms with van der Waals surface area (Å²) in [5.74, 6) is 0.242. The van der Waals surface area contributed by atoms with Gasteiger partial charge in [0, 0.05) is 10.8 Å². The summed E-state index contributed by atoms with van der Waals surface area (Å²) in [5, 5.41) is 15.7. The minimum atomic E-state index is 0.242. The Morgan fingerprint density at radius 2 is 1.38 bits per heavy atom. The van der Waals surface area contributed by atoms with E-state index in [0.717, 1.165) is 33.1 Å². The van der Waals surface area contributed by atoms with Crippen molar-refractivity contribution in [2.45, 2.75) is 0 Å². The van der Waals surface area contributed by atoms with Gasteiger partial charge >= 0.3 is 0 Å². The molecule has 1 aromatic heterocycles. The van der Waals surface area contributed by atoms with Crippen molar-refractivity contribution in [3.05, 3.63) is 78.4 Å². The fourth-order valence-electron chi connectivity index (χ4n) is 2.69. The van der Waals surface area contributed by atoms with Gasteiger partial charge in [0.2, 0.25) is 0 Å². The molecule has 2 N–H and O–H groups in total. The SMILES string of the molecule is Oc1ccc(/C=N/Nc2c3ccccc3nc3ccccc23)cc1. The molecule has 0 saturated heterocycles. The monoisotopic (exact) mass is 313 g/mol. The molecule has 24 heavy (non-hydrogen) atoms. The van der Waals surface area contributed by atoms with Gasteiger partial charge in [-0.15, -0.1) is 0 Å². The maximum absolute atomic E-state index is 9.33. The number of hydrogen-bond acceptors (Lipinski definition) is 4. The number of rotatable bonds is 3. The molecular formula is C20H15N3O. The Labute approximate surface area is 139 Å². The van der Waals surface area contributed by atoms with Gasteiger partial charge in [-0.1, -0.05) is 36.4 Å². The number of anilines is 1. The van der Waals surface area contributed by atoms with Gasteiger partial charge < -0.3 is 5.11 Å². The number of pyridine rings is 1. The molecule has 4 nitrogen and oxygen atoms in total. The Morgan fingerprint density at radius 1 is 0.792 bits per heavy atom. The highest BCUT2D eigenvalue weighted by atomic mass is 16.3. The molecule has 3 aromatic carbocycles. The molecule has 0 unspecified atom stereocenters. The molecule has 0 radical (unpaired) electrons. The second kappa shape index (κ2) is 6.01. The molecule has 0 fully saturated rings. The van der Waals surface area contributed by atoms with Crippen LogP contribution in [0.4, 0.5) is 5.69 Å². The highest BCUT2D eigenvalue weighted by Gasteiger charge is 2.07. The first kappa shape index (κ1) is 14.2. The molecule has 4 heteroatoms. The van der Waals surface area contributed by atoms with Crippen molar-refractivity contribution >= 4 is 33.7 Å². The van der Waals surface area contributed by atoms with Gasteiger partial charge in [0.1, 0.15) is 5.75 Å². The van der Waals surface area contributed by atoms with Crippen molar-refractivity contribution in [3.63, 3.8) is 0 Å². The zero-order valence-corrected chi connectivity index (χ0v) is 12.8. The van der Waals surface area contributed by atoms with Gasteiger partial charge in [-0.3, -0.25) is 5.43 Å². The highest BCUT2D eigenvalue weighted by molar-refractivity contribution is 6.07. The van der Waals surface area contributed by atoms with Crippen LogP contribution in [-0.2, 0) is 0 Å². The van der Waals surface area contributed by atoms with Crippen LogP contribution in [0.1, 0.15) is 5.56 Å². The number of phenolic OH excluding ortho intramolecular Hbond substituents is 1. The Balaban J connectivity index is 1.77. The maximum Gasteiger partial charge on any atom is 0.115 e. The maximum atomic E-state index is 9.33. The van der Waals surface area contributed by atoms with Crippen LogP contribution in [0.25, 0.3) is 21.8 Å². The summed E-state index contributed by atoms with van der Waals surface area (Å²) in [6.45, 7) is 0. The van der Waals surface area contributed by atoms with E-state index in [1.807, 2.05) is 60.7 Å². The summed E-state index contributed by atoms with van der Waals surface area (Å²) in [5.41, 5.74) is 6.86. The summed E-state index contributed by atoms with van der Waals surface area (Å²) in [7, 11) is 0. The van der Waals surface area contributed by atoms with Crippen LogP contribution in [-0.4, -0.2) is 16.3 Å². The van der Waals surface area contributed by atoms with Gasteiger partial charge in [-0.2, -0.15) is 5.10 Å². The Bertz CT molecular complexity index is 986. The normalized spacial score (nSPS) is 11.3. The first-order valence-electron chi connectivity index (χ1n) is 7.67. The van der Waals surface area contributed by atoms with Gasteiger partial charge in [-0.25, -0.2) is 4.98 Å². The molecule has 1 heterocycles. The Kier molecular flexibility index (Phi) is 3.56. The number of para-hydroxylation sites is 2. The average Bonchev–Trinajstić information content (AvgIpc) is 2.63. The van der Waals surface area contributed by atoms with E-state index in [0.29, 0.717) is 0 Å². The van der Waals surface area contributed by atoms with E-state index in [9.17, 15) is 5.11 Å². The van der Waals surface area contributed by atoms with Crippen LogP contribution in [0, 0.1) is 0 Å². The van der Waals surface area contributed by atoms with Crippen molar-refractivity contribution < 1.29 is 5.11 Å². The number of nitrogens with one attached hydrogen (secondary N) is 1. The summed E-state index contributed by atoms with van der Waals surface area (Å²) < 4.78 is 0. The van der Waals surface area contributed by atoms with E-state index in [4.69, 9.17) is 4.98 Å². The molecule has 0 saturated carbocycles. The molecule has 0 aliphatic rings. The fraction of sp³-hybridized carbons (Fsp3) is 0. The van der Waals surface area contributed by atoms with Crippen LogP contribution >= 0.6 is 0 Å². The zero-order chi connectivity index (χ0) is 16.4. The van der Waals surface area contributed by atoms with E-state index in [2.05, 4.69) is 10.5 Å². The predicted octanol–water partition coefficient (Wildman–Crippen LogP) is 4.54. The first-order valence-corrected chi connectivity index (χ1v) is 7.67. The Morgan fingerprint density at radius 3 is 2.00 bits per heavy atom. The second-order valence-corrected chi connectivity index (χ2v) is 5.48. The molecular weight excluding hydrogens is 298 g/mol. The lowest BCUT2D eigenvalue weighted by Crippen LogP contribution is -1.95. The quantitative estimate of drug-likeness (QED) is 0.332.